The van der Waals surface area contributed by atoms with Gasteiger partial charge in [-0.2, -0.15) is 0 Å². The molecule has 3 heterocycles. The minimum Gasteiger partial charge on any atom is -0.462 e. The number of hydrogen-bond acceptors (Lipinski definition) is 5. The number of aromatic nitrogens is 1. The molecular formula is C16H18N2O3S. The first-order valence-corrected chi connectivity index (χ1v) is 8.10. The first-order chi connectivity index (χ1) is 10.7. The zero-order valence-corrected chi connectivity index (χ0v) is 13.5. The van der Waals surface area contributed by atoms with Crippen LogP contribution in [0.2, 0.25) is 0 Å². The Morgan fingerprint density at radius 3 is 3.05 bits per heavy atom. The minimum atomic E-state index is -0.301. The van der Waals surface area contributed by atoms with Gasteiger partial charge in [-0.15, -0.1) is 11.3 Å². The van der Waals surface area contributed by atoms with Gasteiger partial charge >= 0.3 is 5.97 Å². The summed E-state index contributed by atoms with van der Waals surface area (Å²) in [5.41, 5.74) is 2.23. The van der Waals surface area contributed by atoms with Crippen LogP contribution in [-0.4, -0.2) is 41.9 Å². The van der Waals surface area contributed by atoms with Gasteiger partial charge in [0.25, 0.3) is 0 Å². The van der Waals surface area contributed by atoms with Crippen LogP contribution in [0.25, 0.3) is 5.00 Å². The van der Waals surface area contributed by atoms with Gasteiger partial charge in [-0.25, -0.2) is 4.79 Å². The number of thiophene rings is 1. The molecule has 0 spiro atoms. The van der Waals surface area contributed by atoms with Crippen molar-refractivity contribution in [2.24, 2.45) is 0 Å². The Morgan fingerprint density at radius 2 is 2.32 bits per heavy atom. The Morgan fingerprint density at radius 1 is 1.50 bits per heavy atom. The predicted molar refractivity (Wildman–Crippen MR) is 85.0 cm³/mol. The number of hydrogen-bond donors (Lipinski definition) is 0. The summed E-state index contributed by atoms with van der Waals surface area (Å²) in [5.74, 6) is -0.301. The molecule has 0 aliphatic carbocycles. The van der Waals surface area contributed by atoms with Gasteiger partial charge in [0.05, 0.1) is 17.9 Å². The lowest BCUT2D eigenvalue weighted by atomic mass is 10.0. The van der Waals surface area contributed by atoms with E-state index in [4.69, 9.17) is 4.74 Å². The molecule has 116 valence electrons. The quantitative estimate of drug-likeness (QED) is 0.642. The second kappa shape index (κ2) is 6.06. The van der Waals surface area contributed by atoms with Gasteiger partial charge in [-0.1, -0.05) is 0 Å². The van der Waals surface area contributed by atoms with Crippen molar-refractivity contribution in [1.29, 1.82) is 0 Å². The fraction of sp³-hybridized carbons (Fsp3) is 0.375. The van der Waals surface area contributed by atoms with E-state index >= 15 is 0 Å². The van der Waals surface area contributed by atoms with Crippen LogP contribution in [0, 0.1) is 0 Å². The van der Waals surface area contributed by atoms with Crippen LogP contribution in [0.3, 0.4) is 0 Å². The molecule has 0 aromatic carbocycles. The lowest BCUT2D eigenvalue weighted by molar-refractivity contribution is 0.0525. The average molecular weight is 318 g/mol. The normalized spacial score (nSPS) is 14.6. The third-order valence-corrected chi connectivity index (χ3v) is 5.04. The molecule has 0 atom stereocenters. The number of fused-ring (bicyclic) bond motifs is 1. The van der Waals surface area contributed by atoms with E-state index < -0.39 is 0 Å². The third kappa shape index (κ3) is 2.48. The molecule has 0 bridgehead atoms. The Balaban J connectivity index is 2.16. The molecular weight excluding hydrogens is 300 g/mol. The SMILES string of the molecule is CCOC(=O)c1c(-n2cccc2C=O)sc2c1CCN(C)C2. The molecule has 3 rings (SSSR count). The van der Waals surface area contributed by atoms with Crippen molar-refractivity contribution in [2.45, 2.75) is 19.9 Å². The average Bonchev–Trinajstić information content (AvgIpc) is 3.10. The van der Waals surface area contributed by atoms with Crippen LogP contribution in [0.1, 0.15) is 38.2 Å². The topological polar surface area (TPSA) is 51.5 Å². The Labute approximate surface area is 133 Å². The molecule has 22 heavy (non-hydrogen) atoms. The van der Waals surface area contributed by atoms with Crippen molar-refractivity contribution in [1.82, 2.24) is 9.47 Å². The van der Waals surface area contributed by atoms with Crippen molar-refractivity contribution in [3.8, 4) is 5.00 Å². The van der Waals surface area contributed by atoms with Crippen molar-refractivity contribution < 1.29 is 14.3 Å². The molecule has 0 saturated heterocycles. The summed E-state index contributed by atoms with van der Waals surface area (Å²) in [6, 6.07) is 3.55. The van der Waals surface area contributed by atoms with E-state index in [1.54, 1.807) is 28.9 Å². The van der Waals surface area contributed by atoms with Crippen LogP contribution >= 0.6 is 11.3 Å². The van der Waals surface area contributed by atoms with Gasteiger partial charge in [-0.3, -0.25) is 4.79 Å². The second-order valence-electron chi connectivity index (χ2n) is 5.31. The summed E-state index contributed by atoms with van der Waals surface area (Å²) >= 11 is 1.57. The van der Waals surface area contributed by atoms with Crippen molar-refractivity contribution in [3.05, 3.63) is 40.0 Å². The Hall–Kier alpha value is -1.92. The minimum absolute atomic E-state index is 0.301. The molecule has 0 radical (unpaired) electrons. The molecule has 1 aliphatic heterocycles. The largest absolute Gasteiger partial charge is 0.462 e. The summed E-state index contributed by atoms with van der Waals surface area (Å²) in [6.07, 6.45) is 3.45. The Bertz CT molecular complexity index is 717. The Kier molecular flexibility index (Phi) is 4.13. The molecule has 2 aromatic heterocycles. The lowest BCUT2D eigenvalue weighted by Crippen LogP contribution is -2.26. The molecule has 0 amide bonds. The molecule has 5 nitrogen and oxygen atoms in total. The monoisotopic (exact) mass is 318 g/mol. The number of nitrogens with zero attached hydrogens (tertiary/aromatic N) is 2. The van der Waals surface area contributed by atoms with E-state index in [1.165, 1.54) is 4.88 Å². The number of aldehydes is 1. The van der Waals surface area contributed by atoms with Gasteiger partial charge in [0.15, 0.2) is 6.29 Å². The summed E-state index contributed by atoms with van der Waals surface area (Å²) in [6.45, 7) is 3.89. The number of esters is 1. The van der Waals surface area contributed by atoms with Gasteiger partial charge in [-0.05, 0) is 38.1 Å². The highest BCUT2D eigenvalue weighted by atomic mass is 32.1. The fourth-order valence-corrected chi connectivity index (χ4v) is 4.19. The standard InChI is InChI=1S/C16H18N2O3S/c1-3-21-16(20)14-12-6-8-17(2)9-13(12)22-15(14)18-7-4-5-11(18)10-19/h4-5,7,10H,3,6,8-9H2,1-2H3. The first kappa shape index (κ1) is 15.0. The summed E-state index contributed by atoms with van der Waals surface area (Å²) in [4.78, 5) is 27.1. The highest BCUT2D eigenvalue weighted by molar-refractivity contribution is 7.15. The van der Waals surface area contributed by atoms with Gasteiger partial charge in [0.2, 0.25) is 0 Å². The molecule has 0 fully saturated rings. The third-order valence-electron chi connectivity index (χ3n) is 3.83. The van der Waals surface area contributed by atoms with E-state index in [2.05, 4.69) is 11.9 Å². The van der Waals surface area contributed by atoms with Crippen LogP contribution in [0.15, 0.2) is 18.3 Å². The number of ether oxygens (including phenoxy) is 1. The van der Waals surface area contributed by atoms with Crippen molar-refractivity contribution in [2.75, 3.05) is 20.2 Å². The second-order valence-corrected chi connectivity index (χ2v) is 6.40. The van der Waals surface area contributed by atoms with Crippen molar-refractivity contribution in [3.63, 3.8) is 0 Å². The van der Waals surface area contributed by atoms with E-state index in [0.29, 0.717) is 17.9 Å². The molecule has 0 saturated carbocycles. The summed E-state index contributed by atoms with van der Waals surface area (Å²) < 4.78 is 7.02. The zero-order valence-electron chi connectivity index (χ0n) is 12.7. The van der Waals surface area contributed by atoms with Crippen molar-refractivity contribution >= 4 is 23.6 Å². The highest BCUT2D eigenvalue weighted by Crippen LogP contribution is 2.36. The molecule has 1 aliphatic rings. The molecule has 2 aromatic rings. The maximum Gasteiger partial charge on any atom is 0.341 e. The number of rotatable bonds is 4. The summed E-state index contributed by atoms with van der Waals surface area (Å²) in [7, 11) is 2.07. The van der Waals surface area contributed by atoms with E-state index in [0.717, 1.165) is 36.4 Å². The van der Waals surface area contributed by atoms with E-state index in [-0.39, 0.29) is 5.97 Å². The van der Waals surface area contributed by atoms with Crippen LogP contribution < -0.4 is 0 Å². The van der Waals surface area contributed by atoms with E-state index in [1.807, 2.05) is 12.3 Å². The number of carbonyl (C=O) groups is 2. The molecule has 6 heteroatoms. The molecule has 0 unspecified atom stereocenters. The first-order valence-electron chi connectivity index (χ1n) is 7.28. The van der Waals surface area contributed by atoms with E-state index in [9.17, 15) is 9.59 Å². The number of carbonyl (C=O) groups excluding carboxylic acids is 2. The molecule has 0 N–H and O–H groups in total. The highest BCUT2D eigenvalue weighted by Gasteiger charge is 2.29. The smallest absolute Gasteiger partial charge is 0.341 e. The number of likely N-dealkylation sites (N-methyl/N-ethyl adjacent to an activating group) is 1. The van der Waals surface area contributed by atoms with Gasteiger partial charge in [0.1, 0.15) is 5.00 Å². The maximum absolute atomic E-state index is 12.4. The lowest BCUT2D eigenvalue weighted by Gasteiger charge is -2.22. The predicted octanol–water partition coefficient (Wildman–Crippen LogP) is 2.52. The van der Waals surface area contributed by atoms with Crippen LogP contribution in [-0.2, 0) is 17.7 Å². The zero-order chi connectivity index (χ0) is 15.7. The summed E-state index contributed by atoms with van der Waals surface area (Å²) in [5, 5.41) is 0.783. The fourth-order valence-electron chi connectivity index (χ4n) is 2.78. The maximum atomic E-state index is 12.4. The van der Waals surface area contributed by atoms with Crippen LogP contribution in [0.4, 0.5) is 0 Å². The van der Waals surface area contributed by atoms with Gasteiger partial charge in [0, 0.05) is 24.2 Å². The van der Waals surface area contributed by atoms with Crippen LogP contribution in [0.5, 0.6) is 0 Å². The van der Waals surface area contributed by atoms with Gasteiger partial charge < -0.3 is 14.2 Å².